The van der Waals surface area contributed by atoms with Crippen molar-refractivity contribution in [2.75, 3.05) is 0 Å². The van der Waals surface area contributed by atoms with E-state index in [1.807, 2.05) is 22.7 Å². The fourth-order valence-corrected chi connectivity index (χ4v) is 8.17. The standard InChI is InChI=1S/C22H10Br2S2/c23-15-9-17-19(13-7-3-1-5-11(13)15)21-22(25-17)20-14-8-4-2-6-12(14)16(24)10-18(20)26-21/h1-10H. The molecule has 0 aliphatic carbocycles. The Labute approximate surface area is 174 Å². The van der Waals surface area contributed by atoms with E-state index in [0.29, 0.717) is 0 Å². The molecule has 6 aromatic rings. The molecule has 124 valence electrons. The van der Waals surface area contributed by atoms with Crippen LogP contribution in [0.2, 0.25) is 0 Å². The van der Waals surface area contributed by atoms with Crippen molar-refractivity contribution in [3.8, 4) is 0 Å². The average molecular weight is 498 g/mol. The zero-order chi connectivity index (χ0) is 17.4. The molecule has 0 nitrogen and oxygen atoms in total. The Hall–Kier alpha value is -1.46. The summed E-state index contributed by atoms with van der Waals surface area (Å²) < 4.78 is 7.87. The van der Waals surface area contributed by atoms with Crippen molar-refractivity contribution in [1.29, 1.82) is 0 Å². The molecule has 4 aromatic carbocycles. The first-order valence-corrected chi connectivity index (χ1v) is 11.5. The summed E-state index contributed by atoms with van der Waals surface area (Å²) in [4.78, 5) is 0. The highest BCUT2D eigenvalue weighted by Crippen LogP contribution is 2.50. The third kappa shape index (κ3) is 1.99. The van der Waals surface area contributed by atoms with Crippen LogP contribution >= 0.6 is 54.5 Å². The summed E-state index contributed by atoms with van der Waals surface area (Å²) in [5, 5.41) is 8.01. The third-order valence-electron chi connectivity index (χ3n) is 5.00. The molecule has 0 saturated heterocycles. The van der Waals surface area contributed by atoms with Crippen LogP contribution in [-0.4, -0.2) is 0 Å². The van der Waals surface area contributed by atoms with Gasteiger partial charge in [0, 0.05) is 29.1 Å². The Morgan fingerprint density at radius 1 is 0.538 bits per heavy atom. The molecule has 0 saturated carbocycles. The van der Waals surface area contributed by atoms with Gasteiger partial charge in [0.1, 0.15) is 0 Å². The smallest absolute Gasteiger partial charge is 0.0548 e. The zero-order valence-electron chi connectivity index (χ0n) is 13.3. The van der Waals surface area contributed by atoms with Crippen LogP contribution in [0.5, 0.6) is 0 Å². The molecule has 4 heteroatoms. The van der Waals surface area contributed by atoms with E-state index in [9.17, 15) is 0 Å². The number of thiophene rings is 2. The quantitative estimate of drug-likeness (QED) is 0.196. The molecule has 0 spiro atoms. The maximum Gasteiger partial charge on any atom is 0.0548 e. The molecule has 0 radical (unpaired) electrons. The summed E-state index contributed by atoms with van der Waals surface area (Å²) in [6, 6.07) is 21.9. The first-order chi connectivity index (χ1) is 12.7. The number of benzene rings is 4. The molecule has 0 aliphatic rings. The van der Waals surface area contributed by atoms with E-state index >= 15 is 0 Å². The maximum atomic E-state index is 3.77. The number of fused-ring (bicyclic) bond motifs is 9. The van der Waals surface area contributed by atoms with Gasteiger partial charge in [0.05, 0.1) is 9.40 Å². The van der Waals surface area contributed by atoms with Crippen molar-refractivity contribution in [3.63, 3.8) is 0 Å². The molecule has 2 heterocycles. The Kier molecular flexibility index (Phi) is 3.31. The van der Waals surface area contributed by atoms with Crippen LogP contribution in [0, 0.1) is 0 Å². The molecule has 0 atom stereocenters. The van der Waals surface area contributed by atoms with Gasteiger partial charge >= 0.3 is 0 Å². The lowest BCUT2D eigenvalue weighted by atomic mass is 10.1. The lowest BCUT2D eigenvalue weighted by Gasteiger charge is -2.03. The van der Waals surface area contributed by atoms with E-state index in [2.05, 4.69) is 92.5 Å². The van der Waals surface area contributed by atoms with Crippen molar-refractivity contribution >= 4 is 106 Å². The minimum Gasteiger partial charge on any atom is -0.134 e. The molecule has 26 heavy (non-hydrogen) atoms. The third-order valence-corrected chi connectivity index (χ3v) is 8.75. The van der Waals surface area contributed by atoms with Gasteiger partial charge in [-0.3, -0.25) is 0 Å². The lowest BCUT2D eigenvalue weighted by Crippen LogP contribution is -1.75. The van der Waals surface area contributed by atoms with Gasteiger partial charge < -0.3 is 0 Å². The van der Waals surface area contributed by atoms with Gasteiger partial charge in [-0.15, -0.1) is 22.7 Å². The van der Waals surface area contributed by atoms with Crippen LogP contribution in [0.1, 0.15) is 0 Å². The van der Waals surface area contributed by atoms with Crippen LogP contribution in [0.25, 0.3) is 51.1 Å². The molecular weight excluding hydrogens is 488 g/mol. The Balaban J connectivity index is 1.93. The van der Waals surface area contributed by atoms with Crippen molar-refractivity contribution < 1.29 is 0 Å². The van der Waals surface area contributed by atoms with E-state index in [4.69, 9.17) is 0 Å². The summed E-state index contributed by atoms with van der Waals surface area (Å²) in [7, 11) is 0. The number of hydrogen-bond acceptors (Lipinski definition) is 2. The topological polar surface area (TPSA) is 0 Å². The fraction of sp³-hybridized carbons (Fsp3) is 0. The van der Waals surface area contributed by atoms with Crippen molar-refractivity contribution in [2.45, 2.75) is 0 Å². The van der Waals surface area contributed by atoms with E-state index in [-0.39, 0.29) is 0 Å². The second kappa shape index (κ2) is 5.52. The number of rotatable bonds is 0. The fourth-order valence-electron chi connectivity index (χ4n) is 3.89. The minimum absolute atomic E-state index is 1.17. The normalized spacial score (nSPS) is 12.2. The van der Waals surface area contributed by atoms with Gasteiger partial charge in [0.2, 0.25) is 0 Å². The van der Waals surface area contributed by atoms with Gasteiger partial charge in [-0.1, -0.05) is 80.4 Å². The highest BCUT2D eigenvalue weighted by atomic mass is 79.9. The highest BCUT2D eigenvalue weighted by molar-refractivity contribution is 9.11. The SMILES string of the molecule is Brc1cc2sc3c(sc4cc(Br)c5ccccc5c43)c2c2ccccc12. The van der Waals surface area contributed by atoms with Gasteiger partial charge in [0.15, 0.2) is 0 Å². The predicted octanol–water partition coefficient (Wildman–Crippen LogP) is 9.10. The zero-order valence-corrected chi connectivity index (χ0v) is 18.2. The van der Waals surface area contributed by atoms with E-state index in [0.717, 1.165) is 0 Å². The molecule has 0 bridgehead atoms. The van der Waals surface area contributed by atoms with Gasteiger partial charge in [-0.05, 0) is 33.7 Å². The van der Waals surface area contributed by atoms with Crippen molar-refractivity contribution in [3.05, 3.63) is 69.6 Å². The highest BCUT2D eigenvalue weighted by Gasteiger charge is 2.18. The molecule has 0 fully saturated rings. The van der Waals surface area contributed by atoms with Crippen LogP contribution in [0.3, 0.4) is 0 Å². The second-order valence-corrected chi connectivity index (χ2v) is 10.2. The Morgan fingerprint density at radius 2 is 0.923 bits per heavy atom. The second-order valence-electron chi connectivity index (χ2n) is 6.42. The van der Waals surface area contributed by atoms with E-state index in [1.165, 1.54) is 60.1 Å². The summed E-state index contributed by atoms with van der Waals surface area (Å²) in [6.07, 6.45) is 0. The summed E-state index contributed by atoms with van der Waals surface area (Å²) in [6.45, 7) is 0. The lowest BCUT2D eigenvalue weighted by molar-refractivity contribution is 1.79. The van der Waals surface area contributed by atoms with Crippen LogP contribution < -0.4 is 0 Å². The molecule has 0 unspecified atom stereocenters. The largest absolute Gasteiger partial charge is 0.134 e. The number of hydrogen-bond donors (Lipinski definition) is 0. The molecule has 0 aliphatic heterocycles. The van der Waals surface area contributed by atoms with E-state index in [1.54, 1.807) is 0 Å². The first-order valence-electron chi connectivity index (χ1n) is 8.25. The van der Waals surface area contributed by atoms with Crippen LogP contribution in [0.15, 0.2) is 69.6 Å². The van der Waals surface area contributed by atoms with Gasteiger partial charge in [0.25, 0.3) is 0 Å². The van der Waals surface area contributed by atoms with Gasteiger partial charge in [-0.25, -0.2) is 0 Å². The van der Waals surface area contributed by atoms with E-state index < -0.39 is 0 Å². The average Bonchev–Trinajstić information content (AvgIpc) is 3.17. The summed E-state index contributed by atoms with van der Waals surface area (Å²) in [5.74, 6) is 0. The maximum absolute atomic E-state index is 3.77. The Bertz CT molecular complexity index is 1390. The van der Waals surface area contributed by atoms with Crippen LogP contribution in [0.4, 0.5) is 0 Å². The molecule has 0 amide bonds. The monoisotopic (exact) mass is 496 g/mol. The predicted molar refractivity (Wildman–Crippen MR) is 125 cm³/mol. The Morgan fingerprint density at radius 3 is 1.35 bits per heavy atom. The molecule has 2 aromatic heterocycles. The summed E-state index contributed by atoms with van der Waals surface area (Å²) >= 11 is 11.4. The summed E-state index contributed by atoms with van der Waals surface area (Å²) in [5.41, 5.74) is 0. The van der Waals surface area contributed by atoms with Crippen molar-refractivity contribution in [1.82, 2.24) is 0 Å². The molecule has 0 N–H and O–H groups in total. The van der Waals surface area contributed by atoms with Crippen molar-refractivity contribution in [2.24, 2.45) is 0 Å². The minimum atomic E-state index is 1.17. The first kappa shape index (κ1) is 15.6. The molecule has 6 rings (SSSR count). The van der Waals surface area contributed by atoms with Crippen LogP contribution in [-0.2, 0) is 0 Å². The van der Waals surface area contributed by atoms with Gasteiger partial charge in [-0.2, -0.15) is 0 Å². The number of halogens is 2. The molecular formula is C22H10Br2S2.